The maximum Gasteiger partial charge on any atom is 0.191 e. The van der Waals surface area contributed by atoms with Gasteiger partial charge in [-0.05, 0) is 63.7 Å². The number of hydrogen-bond donors (Lipinski definition) is 2. The molecule has 0 unspecified atom stereocenters. The molecule has 0 bridgehead atoms. The number of methoxy groups -OCH3 is 1. The Kier molecular flexibility index (Phi) is 8.96. The van der Waals surface area contributed by atoms with Gasteiger partial charge < -0.3 is 15.4 Å². The van der Waals surface area contributed by atoms with Gasteiger partial charge in [0.15, 0.2) is 5.96 Å². The van der Waals surface area contributed by atoms with Crippen molar-refractivity contribution in [2.24, 2.45) is 10.9 Å². The Labute approximate surface area is 184 Å². The van der Waals surface area contributed by atoms with Crippen LogP contribution < -0.4 is 15.4 Å². The van der Waals surface area contributed by atoms with E-state index in [0.717, 1.165) is 62.4 Å². The second kappa shape index (κ2) is 11.9. The van der Waals surface area contributed by atoms with E-state index < -0.39 is 0 Å². The first kappa shape index (κ1) is 22.6. The SMILES string of the molecule is CCNC(=NCC1CCN(Cc2csc(C)n2)CC1)NCCc1ccccc1OC. The molecule has 6 nitrogen and oxygen atoms in total. The van der Waals surface area contributed by atoms with Crippen molar-refractivity contribution in [2.75, 3.05) is 39.8 Å². The molecule has 1 aliphatic heterocycles. The lowest BCUT2D eigenvalue weighted by atomic mass is 9.97. The van der Waals surface area contributed by atoms with Crippen LogP contribution in [-0.4, -0.2) is 55.7 Å². The number of aryl methyl sites for hydroxylation is 1. The molecule has 0 radical (unpaired) electrons. The fraction of sp³-hybridized carbons (Fsp3) is 0.565. The zero-order valence-electron chi connectivity index (χ0n) is 18.5. The lowest BCUT2D eigenvalue weighted by Gasteiger charge is -2.30. The molecule has 1 aromatic heterocycles. The Balaban J connectivity index is 1.42. The van der Waals surface area contributed by atoms with Crippen molar-refractivity contribution in [1.82, 2.24) is 20.5 Å². The molecule has 1 aliphatic rings. The Hall–Kier alpha value is -2.12. The van der Waals surface area contributed by atoms with Crippen molar-refractivity contribution in [3.63, 3.8) is 0 Å². The molecule has 0 spiro atoms. The number of nitrogens with zero attached hydrogens (tertiary/aromatic N) is 3. The second-order valence-electron chi connectivity index (χ2n) is 7.79. The second-order valence-corrected chi connectivity index (χ2v) is 8.85. The summed E-state index contributed by atoms with van der Waals surface area (Å²) in [4.78, 5) is 12.0. The maximum absolute atomic E-state index is 5.44. The molecule has 2 heterocycles. The van der Waals surface area contributed by atoms with Crippen LogP contribution in [0.1, 0.15) is 36.0 Å². The molecule has 1 saturated heterocycles. The number of likely N-dealkylation sites (tertiary alicyclic amines) is 1. The molecule has 7 heteroatoms. The van der Waals surface area contributed by atoms with Gasteiger partial charge >= 0.3 is 0 Å². The van der Waals surface area contributed by atoms with E-state index in [2.05, 4.69) is 51.9 Å². The van der Waals surface area contributed by atoms with E-state index in [0.29, 0.717) is 5.92 Å². The molecule has 0 atom stereocenters. The van der Waals surface area contributed by atoms with E-state index in [-0.39, 0.29) is 0 Å². The highest BCUT2D eigenvalue weighted by Gasteiger charge is 2.19. The number of hydrogen-bond acceptors (Lipinski definition) is 5. The third-order valence-electron chi connectivity index (χ3n) is 5.49. The normalized spacial score (nSPS) is 15.9. The molecule has 2 N–H and O–H groups in total. The number of aromatic nitrogens is 1. The van der Waals surface area contributed by atoms with Crippen molar-refractivity contribution in [3.8, 4) is 5.75 Å². The van der Waals surface area contributed by atoms with Gasteiger partial charge in [-0.3, -0.25) is 9.89 Å². The molecule has 2 aromatic rings. The zero-order chi connectivity index (χ0) is 21.2. The quantitative estimate of drug-likeness (QED) is 0.472. The highest BCUT2D eigenvalue weighted by molar-refractivity contribution is 7.09. The Morgan fingerprint density at radius 1 is 1.27 bits per heavy atom. The predicted octanol–water partition coefficient (Wildman–Crippen LogP) is 3.47. The Bertz CT molecular complexity index is 798. The number of piperidine rings is 1. The largest absolute Gasteiger partial charge is 0.496 e. The number of nitrogens with one attached hydrogen (secondary N) is 2. The standard InChI is InChI=1S/C23H35N5OS/c1-4-24-23(25-12-9-20-7-5-6-8-22(20)29-3)26-15-19-10-13-28(14-11-19)16-21-17-30-18(2)27-21/h5-8,17,19H,4,9-16H2,1-3H3,(H2,24,25,26). The van der Waals surface area contributed by atoms with E-state index in [1.165, 1.54) is 24.1 Å². The van der Waals surface area contributed by atoms with Gasteiger partial charge in [-0.2, -0.15) is 0 Å². The minimum absolute atomic E-state index is 0.656. The number of guanidine groups is 1. The van der Waals surface area contributed by atoms with Crippen LogP contribution in [0.2, 0.25) is 0 Å². The average molecular weight is 430 g/mol. The maximum atomic E-state index is 5.44. The van der Waals surface area contributed by atoms with E-state index in [4.69, 9.17) is 9.73 Å². The van der Waals surface area contributed by atoms with Crippen LogP contribution in [-0.2, 0) is 13.0 Å². The van der Waals surface area contributed by atoms with Gasteiger partial charge in [0.1, 0.15) is 5.75 Å². The molecule has 1 fully saturated rings. The summed E-state index contributed by atoms with van der Waals surface area (Å²) < 4.78 is 5.44. The summed E-state index contributed by atoms with van der Waals surface area (Å²) in [5.41, 5.74) is 2.42. The molecule has 3 rings (SSSR count). The van der Waals surface area contributed by atoms with Crippen molar-refractivity contribution < 1.29 is 4.74 Å². The lowest BCUT2D eigenvalue weighted by Crippen LogP contribution is -2.39. The van der Waals surface area contributed by atoms with Gasteiger partial charge in [0.2, 0.25) is 0 Å². The van der Waals surface area contributed by atoms with E-state index in [1.807, 2.05) is 12.1 Å². The van der Waals surface area contributed by atoms with Crippen LogP contribution >= 0.6 is 11.3 Å². The van der Waals surface area contributed by atoms with Gasteiger partial charge in [-0.15, -0.1) is 11.3 Å². The minimum atomic E-state index is 0.656. The number of para-hydroxylation sites is 1. The van der Waals surface area contributed by atoms with Crippen molar-refractivity contribution >= 4 is 17.3 Å². The monoisotopic (exact) mass is 429 g/mol. The summed E-state index contributed by atoms with van der Waals surface area (Å²) in [5.74, 6) is 2.51. The van der Waals surface area contributed by atoms with E-state index in [1.54, 1.807) is 18.4 Å². The van der Waals surface area contributed by atoms with Crippen molar-refractivity contribution in [3.05, 3.63) is 45.9 Å². The first-order valence-corrected chi connectivity index (χ1v) is 11.8. The molecule has 0 amide bonds. The molecule has 0 saturated carbocycles. The number of ether oxygens (including phenoxy) is 1. The van der Waals surface area contributed by atoms with Crippen molar-refractivity contribution in [2.45, 2.75) is 39.7 Å². The van der Waals surface area contributed by atoms with Crippen LogP contribution in [0.25, 0.3) is 0 Å². The highest BCUT2D eigenvalue weighted by Crippen LogP contribution is 2.20. The van der Waals surface area contributed by atoms with Crippen LogP contribution in [0.3, 0.4) is 0 Å². The number of rotatable bonds is 9. The van der Waals surface area contributed by atoms with Crippen LogP contribution in [0.5, 0.6) is 5.75 Å². The molecule has 30 heavy (non-hydrogen) atoms. The first-order chi connectivity index (χ1) is 14.7. The van der Waals surface area contributed by atoms with Gasteiger partial charge in [0, 0.05) is 31.6 Å². The van der Waals surface area contributed by atoms with Gasteiger partial charge in [0.25, 0.3) is 0 Å². The topological polar surface area (TPSA) is 61.8 Å². The summed E-state index contributed by atoms with van der Waals surface area (Å²) >= 11 is 1.74. The van der Waals surface area contributed by atoms with Gasteiger partial charge in [-0.25, -0.2) is 4.98 Å². The molecule has 0 aliphatic carbocycles. The third kappa shape index (κ3) is 6.99. The minimum Gasteiger partial charge on any atom is -0.496 e. The zero-order valence-corrected chi connectivity index (χ0v) is 19.3. The van der Waals surface area contributed by atoms with Gasteiger partial charge in [-0.1, -0.05) is 18.2 Å². The third-order valence-corrected chi connectivity index (χ3v) is 6.31. The Morgan fingerprint density at radius 2 is 2.07 bits per heavy atom. The summed E-state index contributed by atoms with van der Waals surface area (Å²) in [6.07, 6.45) is 3.31. The van der Waals surface area contributed by atoms with E-state index in [9.17, 15) is 0 Å². The fourth-order valence-corrected chi connectivity index (χ4v) is 4.43. The van der Waals surface area contributed by atoms with Crippen LogP contribution in [0.4, 0.5) is 0 Å². The number of thiazole rings is 1. The summed E-state index contributed by atoms with van der Waals surface area (Å²) in [7, 11) is 1.72. The summed E-state index contributed by atoms with van der Waals surface area (Å²) in [6.45, 7) is 10.0. The predicted molar refractivity (Wildman–Crippen MR) is 126 cm³/mol. The number of aliphatic imine (C=N–C) groups is 1. The van der Waals surface area contributed by atoms with Crippen LogP contribution in [0, 0.1) is 12.8 Å². The van der Waals surface area contributed by atoms with Gasteiger partial charge in [0.05, 0.1) is 17.8 Å². The molecular weight excluding hydrogens is 394 g/mol. The lowest BCUT2D eigenvalue weighted by molar-refractivity contribution is 0.179. The highest BCUT2D eigenvalue weighted by atomic mass is 32.1. The molecule has 164 valence electrons. The van der Waals surface area contributed by atoms with Crippen LogP contribution in [0.15, 0.2) is 34.6 Å². The Morgan fingerprint density at radius 3 is 2.77 bits per heavy atom. The molecular formula is C23H35N5OS. The summed E-state index contributed by atoms with van der Waals surface area (Å²) in [5, 5.41) is 10.2. The fourth-order valence-electron chi connectivity index (χ4n) is 3.82. The average Bonchev–Trinajstić information content (AvgIpc) is 3.18. The van der Waals surface area contributed by atoms with Crippen molar-refractivity contribution in [1.29, 1.82) is 0 Å². The van der Waals surface area contributed by atoms with E-state index >= 15 is 0 Å². The number of benzene rings is 1. The first-order valence-electron chi connectivity index (χ1n) is 11.0. The smallest absolute Gasteiger partial charge is 0.191 e. The summed E-state index contributed by atoms with van der Waals surface area (Å²) in [6, 6.07) is 8.19. The molecule has 1 aromatic carbocycles.